The number of tetrazole rings is 1. The van der Waals surface area contributed by atoms with Gasteiger partial charge in [-0.1, -0.05) is 54.8 Å². The highest BCUT2D eigenvalue weighted by atomic mass is 16.3. The third kappa shape index (κ3) is 3.93. The average Bonchev–Trinajstić information content (AvgIpc) is 3.44. The van der Waals surface area contributed by atoms with Gasteiger partial charge in [0.25, 0.3) is 11.5 Å². The molecule has 182 valence electrons. The van der Waals surface area contributed by atoms with Crippen LogP contribution in [0, 0.1) is 0 Å². The minimum atomic E-state index is -1.30. The van der Waals surface area contributed by atoms with E-state index in [4.69, 9.17) is 0 Å². The van der Waals surface area contributed by atoms with E-state index < -0.39 is 24.2 Å². The highest BCUT2D eigenvalue weighted by molar-refractivity contribution is 5.40. The number of rotatable bonds is 8. The molecule has 11 nitrogen and oxygen atoms in total. The van der Waals surface area contributed by atoms with Gasteiger partial charge in [0, 0.05) is 24.3 Å². The van der Waals surface area contributed by atoms with Crippen molar-refractivity contribution >= 4 is 5.95 Å². The molecule has 1 aliphatic carbocycles. The van der Waals surface area contributed by atoms with E-state index in [1.165, 1.54) is 9.36 Å². The number of hydrazine groups is 1. The van der Waals surface area contributed by atoms with Gasteiger partial charge in [-0.3, -0.25) is 14.9 Å². The normalized spacial score (nSPS) is 21.6. The van der Waals surface area contributed by atoms with E-state index in [-0.39, 0.29) is 11.5 Å². The lowest BCUT2D eigenvalue weighted by Gasteiger charge is -2.60. The molecule has 2 N–H and O–H groups in total. The Morgan fingerprint density at radius 3 is 2.23 bits per heavy atom. The van der Waals surface area contributed by atoms with Crippen molar-refractivity contribution in [1.82, 2.24) is 35.0 Å². The minimum absolute atomic E-state index is 0.247. The van der Waals surface area contributed by atoms with E-state index >= 15 is 0 Å². The predicted octanol–water partition coefficient (Wildman–Crippen LogP) is -0.355. The highest BCUT2D eigenvalue weighted by Crippen LogP contribution is 2.36. The molecule has 0 amide bonds. The molecule has 2 aromatic heterocycles. The minimum Gasteiger partial charge on any atom is -0.850 e. The SMILES string of the molecule is CCCc1c(C2C([O-])C(NNc3nnnn3-c3ccccc3)C2[O-])c(=O)n(-c2ccccc2)n1C. The van der Waals surface area contributed by atoms with Crippen LogP contribution in [0.4, 0.5) is 5.95 Å². The zero-order valence-electron chi connectivity index (χ0n) is 19.4. The van der Waals surface area contributed by atoms with Crippen molar-refractivity contribution in [3.05, 3.63) is 82.3 Å². The number of hydrogen-bond donors (Lipinski definition) is 2. The molecule has 0 radical (unpaired) electrons. The largest absolute Gasteiger partial charge is 0.850 e. The maximum Gasteiger partial charge on any atom is 0.275 e. The average molecular weight is 475 g/mol. The van der Waals surface area contributed by atoms with Gasteiger partial charge in [0.05, 0.1) is 11.4 Å². The summed E-state index contributed by atoms with van der Waals surface area (Å²) in [5.74, 6) is -0.693. The summed E-state index contributed by atoms with van der Waals surface area (Å²) >= 11 is 0. The first kappa shape index (κ1) is 23.0. The zero-order chi connectivity index (χ0) is 24.5. The Kier molecular flexibility index (Phi) is 6.20. The number of para-hydroxylation sites is 2. The summed E-state index contributed by atoms with van der Waals surface area (Å²) in [5, 5.41) is 38.0. The van der Waals surface area contributed by atoms with Crippen molar-refractivity contribution in [2.75, 3.05) is 5.43 Å². The Bertz CT molecular complexity index is 1340. The molecule has 2 atom stereocenters. The van der Waals surface area contributed by atoms with Crippen LogP contribution in [-0.2, 0) is 13.5 Å². The van der Waals surface area contributed by atoms with Gasteiger partial charge in [-0.2, -0.15) is 4.68 Å². The second-order valence-electron chi connectivity index (χ2n) is 8.59. The summed E-state index contributed by atoms with van der Waals surface area (Å²) < 4.78 is 4.76. The second-order valence-corrected chi connectivity index (χ2v) is 8.59. The molecule has 11 heteroatoms. The van der Waals surface area contributed by atoms with E-state index in [0.717, 1.165) is 17.8 Å². The van der Waals surface area contributed by atoms with Crippen molar-refractivity contribution in [3.8, 4) is 11.4 Å². The third-order valence-corrected chi connectivity index (χ3v) is 6.48. The van der Waals surface area contributed by atoms with Crippen molar-refractivity contribution in [2.45, 2.75) is 43.9 Å². The second kappa shape index (κ2) is 9.45. The maximum absolute atomic E-state index is 13.5. The summed E-state index contributed by atoms with van der Waals surface area (Å²) in [7, 11) is 1.79. The van der Waals surface area contributed by atoms with Crippen molar-refractivity contribution in [2.24, 2.45) is 7.05 Å². The van der Waals surface area contributed by atoms with Crippen LogP contribution in [0.2, 0.25) is 0 Å². The molecule has 0 spiro atoms. The van der Waals surface area contributed by atoms with Gasteiger partial charge in [0.15, 0.2) is 0 Å². The molecule has 1 saturated carbocycles. The molecular formula is C24H26N8O3-2. The fourth-order valence-electron chi connectivity index (χ4n) is 4.72. The summed E-state index contributed by atoms with van der Waals surface area (Å²) in [6.07, 6.45) is -1.23. The molecule has 1 aliphatic rings. The van der Waals surface area contributed by atoms with Gasteiger partial charge in [0.2, 0.25) is 0 Å². The zero-order valence-corrected chi connectivity index (χ0v) is 19.4. The first-order valence-corrected chi connectivity index (χ1v) is 11.6. The van der Waals surface area contributed by atoms with Crippen LogP contribution in [-0.4, -0.2) is 47.8 Å². The molecule has 4 aromatic rings. The van der Waals surface area contributed by atoms with Crippen LogP contribution in [0.1, 0.15) is 30.5 Å². The summed E-state index contributed by atoms with van der Waals surface area (Å²) in [6.45, 7) is 2.00. The Labute approximate surface area is 201 Å². The number of anilines is 1. The number of nitrogens with one attached hydrogen (secondary N) is 2. The lowest BCUT2D eigenvalue weighted by molar-refractivity contribution is -0.536. The molecule has 0 aliphatic heterocycles. The van der Waals surface area contributed by atoms with Crippen molar-refractivity contribution in [1.29, 1.82) is 0 Å². The van der Waals surface area contributed by atoms with Gasteiger partial charge >= 0.3 is 0 Å². The van der Waals surface area contributed by atoms with Crippen LogP contribution in [0.3, 0.4) is 0 Å². The van der Waals surface area contributed by atoms with Crippen LogP contribution < -0.4 is 26.6 Å². The quantitative estimate of drug-likeness (QED) is 0.330. The third-order valence-electron chi connectivity index (χ3n) is 6.48. The lowest BCUT2D eigenvalue weighted by Crippen LogP contribution is -2.75. The van der Waals surface area contributed by atoms with Gasteiger partial charge in [-0.05, 0) is 47.0 Å². The van der Waals surface area contributed by atoms with Crippen molar-refractivity contribution < 1.29 is 10.2 Å². The Morgan fingerprint density at radius 2 is 1.60 bits per heavy atom. The first-order valence-electron chi connectivity index (χ1n) is 11.6. The van der Waals surface area contributed by atoms with Crippen molar-refractivity contribution in [3.63, 3.8) is 0 Å². The van der Waals surface area contributed by atoms with Gasteiger partial charge in [-0.25, -0.2) is 10.1 Å². The molecule has 0 saturated heterocycles. The van der Waals surface area contributed by atoms with E-state index in [1.807, 2.05) is 67.6 Å². The van der Waals surface area contributed by atoms with Gasteiger partial charge in [0.1, 0.15) is 0 Å². The topological polar surface area (TPSA) is 141 Å². The highest BCUT2D eigenvalue weighted by Gasteiger charge is 2.41. The molecule has 5 rings (SSSR count). The number of nitrogens with zero attached hydrogens (tertiary/aromatic N) is 6. The number of benzene rings is 2. The summed E-state index contributed by atoms with van der Waals surface area (Å²) in [4.78, 5) is 13.5. The number of aromatic nitrogens is 6. The van der Waals surface area contributed by atoms with E-state index in [1.54, 1.807) is 11.7 Å². The van der Waals surface area contributed by atoms with Crippen LogP contribution in [0.5, 0.6) is 0 Å². The molecule has 2 aromatic carbocycles. The number of hydrogen-bond acceptors (Lipinski definition) is 8. The van der Waals surface area contributed by atoms with Gasteiger partial charge in [-0.15, -0.1) is 12.2 Å². The predicted molar refractivity (Wildman–Crippen MR) is 125 cm³/mol. The molecule has 2 unspecified atom stereocenters. The summed E-state index contributed by atoms with van der Waals surface area (Å²) in [5.41, 5.74) is 7.77. The smallest absolute Gasteiger partial charge is 0.275 e. The van der Waals surface area contributed by atoms with Crippen LogP contribution >= 0.6 is 0 Å². The summed E-state index contributed by atoms with van der Waals surface area (Å²) in [6, 6.07) is 17.5. The molecule has 35 heavy (non-hydrogen) atoms. The standard InChI is InChI=1S/C24H26N8O3/c1-3-10-17-18(23(35)32(30(17)2)16-13-8-5-9-14-16)19-21(33)20(22(19)34)25-26-24-27-28-29-31(24)15-11-6-4-7-12-15/h4-9,11-14,19-22,25H,3,10H2,1-2H3,(H,26,27,29)/q-2. The fourth-order valence-corrected chi connectivity index (χ4v) is 4.72. The molecular weight excluding hydrogens is 448 g/mol. The van der Waals surface area contributed by atoms with E-state index in [2.05, 4.69) is 26.4 Å². The van der Waals surface area contributed by atoms with Crippen LogP contribution in [0.25, 0.3) is 11.4 Å². The Balaban J connectivity index is 1.38. The van der Waals surface area contributed by atoms with Gasteiger partial charge < -0.3 is 10.2 Å². The molecule has 2 heterocycles. The fraction of sp³-hybridized carbons (Fsp3) is 0.333. The van der Waals surface area contributed by atoms with Crippen LogP contribution in [0.15, 0.2) is 65.5 Å². The molecule has 1 fully saturated rings. The Morgan fingerprint density at radius 1 is 0.971 bits per heavy atom. The van der Waals surface area contributed by atoms with E-state index in [9.17, 15) is 15.0 Å². The lowest BCUT2D eigenvalue weighted by atomic mass is 9.70. The monoisotopic (exact) mass is 474 g/mol. The Hall–Kier alpha value is -3.80. The van der Waals surface area contributed by atoms with E-state index in [0.29, 0.717) is 17.7 Å². The maximum atomic E-state index is 13.5. The first-order chi connectivity index (χ1) is 17.0. The molecule has 0 bridgehead atoms.